The molecule has 2 heteroatoms. The molecule has 82 valence electrons. The number of rotatable bonds is 2. The van der Waals surface area contributed by atoms with Crippen LogP contribution in [0.5, 0.6) is 0 Å². The summed E-state index contributed by atoms with van der Waals surface area (Å²) >= 11 is 1.94. The number of thioether (sulfide) groups is 1. The lowest BCUT2D eigenvalue weighted by Crippen LogP contribution is -2.30. The van der Waals surface area contributed by atoms with Crippen LogP contribution in [0.4, 0.5) is 0 Å². The summed E-state index contributed by atoms with van der Waals surface area (Å²) in [5.41, 5.74) is 1.87. The molecular formula is C13H18OS. The Hall–Kier alpha value is -0.470. The zero-order valence-electron chi connectivity index (χ0n) is 9.20. The summed E-state index contributed by atoms with van der Waals surface area (Å²) in [6.07, 6.45) is 2.83. The summed E-state index contributed by atoms with van der Waals surface area (Å²) in [4.78, 5) is 0. The van der Waals surface area contributed by atoms with Crippen molar-refractivity contribution in [1.82, 2.24) is 0 Å². The first-order valence-corrected chi connectivity index (χ1v) is 6.79. The SMILES string of the molecule is CCc1cccc(C2(O)CCSCC2)c1. The van der Waals surface area contributed by atoms with Gasteiger partial charge in [0.05, 0.1) is 5.60 Å². The Morgan fingerprint density at radius 3 is 2.73 bits per heavy atom. The number of hydrogen-bond acceptors (Lipinski definition) is 2. The van der Waals surface area contributed by atoms with Crippen molar-refractivity contribution in [2.24, 2.45) is 0 Å². The van der Waals surface area contributed by atoms with E-state index in [1.165, 1.54) is 5.56 Å². The van der Waals surface area contributed by atoms with Crippen molar-refractivity contribution in [3.05, 3.63) is 35.4 Å². The van der Waals surface area contributed by atoms with E-state index in [-0.39, 0.29) is 0 Å². The normalized spacial score (nSPS) is 20.1. The van der Waals surface area contributed by atoms with Crippen LogP contribution in [-0.2, 0) is 12.0 Å². The largest absolute Gasteiger partial charge is 0.385 e. The molecule has 1 nitrogen and oxygen atoms in total. The lowest BCUT2D eigenvalue weighted by Gasteiger charge is -2.32. The van der Waals surface area contributed by atoms with Crippen molar-refractivity contribution >= 4 is 11.8 Å². The quantitative estimate of drug-likeness (QED) is 0.830. The summed E-state index contributed by atoms with van der Waals surface area (Å²) < 4.78 is 0. The molecule has 2 rings (SSSR count). The highest BCUT2D eigenvalue weighted by atomic mass is 32.2. The molecule has 0 aliphatic carbocycles. The predicted octanol–water partition coefficient (Wildman–Crippen LogP) is 2.96. The standard InChI is InChI=1S/C13H18OS/c1-2-11-4-3-5-12(10-11)13(14)6-8-15-9-7-13/h3-5,10,14H,2,6-9H2,1H3. The van der Waals surface area contributed by atoms with Crippen molar-refractivity contribution in [3.63, 3.8) is 0 Å². The van der Waals surface area contributed by atoms with Gasteiger partial charge in [-0.15, -0.1) is 0 Å². The molecule has 15 heavy (non-hydrogen) atoms. The van der Waals surface area contributed by atoms with E-state index >= 15 is 0 Å². The third-order valence-electron chi connectivity index (χ3n) is 3.19. The van der Waals surface area contributed by atoms with Crippen LogP contribution in [0, 0.1) is 0 Å². The van der Waals surface area contributed by atoms with Gasteiger partial charge in [0.15, 0.2) is 0 Å². The minimum Gasteiger partial charge on any atom is -0.385 e. The second-order valence-electron chi connectivity index (χ2n) is 4.20. The van der Waals surface area contributed by atoms with E-state index < -0.39 is 5.60 Å². The van der Waals surface area contributed by atoms with E-state index in [1.54, 1.807) is 0 Å². The molecule has 1 saturated heterocycles. The van der Waals surface area contributed by atoms with Gasteiger partial charge in [-0.25, -0.2) is 0 Å². The second kappa shape index (κ2) is 4.58. The highest BCUT2D eigenvalue weighted by molar-refractivity contribution is 7.99. The fourth-order valence-corrected chi connectivity index (χ4v) is 3.25. The van der Waals surface area contributed by atoms with Crippen LogP contribution in [0.25, 0.3) is 0 Å². The molecule has 0 amide bonds. The van der Waals surface area contributed by atoms with Gasteiger partial charge in [-0.3, -0.25) is 0 Å². The summed E-state index contributed by atoms with van der Waals surface area (Å²) in [6.45, 7) is 2.15. The van der Waals surface area contributed by atoms with Gasteiger partial charge in [0.1, 0.15) is 0 Å². The summed E-state index contributed by atoms with van der Waals surface area (Å²) in [7, 11) is 0. The van der Waals surface area contributed by atoms with Crippen molar-refractivity contribution in [3.8, 4) is 0 Å². The first-order chi connectivity index (χ1) is 7.24. The van der Waals surface area contributed by atoms with Gasteiger partial charge in [0, 0.05) is 0 Å². The first-order valence-electron chi connectivity index (χ1n) is 5.64. The van der Waals surface area contributed by atoms with Crippen molar-refractivity contribution in [2.75, 3.05) is 11.5 Å². The molecule has 0 aromatic heterocycles. The summed E-state index contributed by atoms with van der Waals surface area (Å²) in [6, 6.07) is 8.42. The van der Waals surface area contributed by atoms with Crippen LogP contribution in [0.15, 0.2) is 24.3 Å². The van der Waals surface area contributed by atoms with Gasteiger partial charge in [0.25, 0.3) is 0 Å². The molecule has 0 unspecified atom stereocenters. The Balaban J connectivity index is 2.26. The topological polar surface area (TPSA) is 20.2 Å². The average Bonchev–Trinajstić information content (AvgIpc) is 2.30. The van der Waals surface area contributed by atoms with E-state index in [4.69, 9.17) is 0 Å². The average molecular weight is 222 g/mol. The Bertz CT molecular complexity index is 329. The number of hydrogen-bond donors (Lipinski definition) is 1. The minimum atomic E-state index is -0.559. The van der Waals surface area contributed by atoms with Gasteiger partial charge >= 0.3 is 0 Å². The Labute approximate surface area is 95.9 Å². The zero-order chi connectivity index (χ0) is 10.7. The van der Waals surface area contributed by atoms with E-state index in [1.807, 2.05) is 11.8 Å². The Kier molecular flexibility index (Phi) is 3.37. The van der Waals surface area contributed by atoms with E-state index in [0.717, 1.165) is 36.3 Å². The zero-order valence-corrected chi connectivity index (χ0v) is 10.0. The molecule has 0 bridgehead atoms. The van der Waals surface area contributed by atoms with Crippen molar-refractivity contribution in [2.45, 2.75) is 31.8 Å². The number of benzene rings is 1. The molecule has 0 atom stereocenters. The van der Waals surface area contributed by atoms with Crippen LogP contribution in [0.2, 0.25) is 0 Å². The maximum Gasteiger partial charge on any atom is 0.0912 e. The molecule has 1 aromatic rings. The third-order valence-corrected chi connectivity index (χ3v) is 4.18. The fourth-order valence-electron chi connectivity index (χ4n) is 2.08. The highest BCUT2D eigenvalue weighted by Crippen LogP contribution is 2.35. The molecule has 1 aliphatic rings. The molecule has 0 saturated carbocycles. The predicted molar refractivity (Wildman–Crippen MR) is 66.3 cm³/mol. The Morgan fingerprint density at radius 1 is 1.33 bits per heavy atom. The maximum absolute atomic E-state index is 10.5. The first kappa shape index (κ1) is 11.0. The molecule has 1 aromatic carbocycles. The molecular weight excluding hydrogens is 204 g/mol. The molecule has 0 radical (unpaired) electrons. The van der Waals surface area contributed by atoms with Gasteiger partial charge in [-0.05, 0) is 41.9 Å². The Morgan fingerprint density at radius 2 is 2.07 bits per heavy atom. The second-order valence-corrected chi connectivity index (χ2v) is 5.42. The minimum absolute atomic E-state index is 0.559. The van der Waals surface area contributed by atoms with Crippen LogP contribution in [0.3, 0.4) is 0 Å². The van der Waals surface area contributed by atoms with Gasteiger partial charge in [0.2, 0.25) is 0 Å². The van der Waals surface area contributed by atoms with Crippen LogP contribution >= 0.6 is 11.8 Å². The van der Waals surface area contributed by atoms with Crippen LogP contribution < -0.4 is 0 Å². The fraction of sp³-hybridized carbons (Fsp3) is 0.538. The molecule has 1 aliphatic heterocycles. The highest BCUT2D eigenvalue weighted by Gasteiger charge is 2.31. The lowest BCUT2D eigenvalue weighted by atomic mass is 9.87. The molecule has 0 spiro atoms. The van der Waals surface area contributed by atoms with Gasteiger partial charge in [-0.2, -0.15) is 11.8 Å². The van der Waals surface area contributed by atoms with Crippen LogP contribution in [-0.4, -0.2) is 16.6 Å². The van der Waals surface area contributed by atoms with E-state index in [9.17, 15) is 5.11 Å². The number of aliphatic hydroxyl groups is 1. The summed E-state index contributed by atoms with van der Waals surface area (Å²) in [5, 5.41) is 10.5. The smallest absolute Gasteiger partial charge is 0.0912 e. The summed E-state index contributed by atoms with van der Waals surface area (Å²) in [5.74, 6) is 2.15. The van der Waals surface area contributed by atoms with Crippen molar-refractivity contribution < 1.29 is 5.11 Å². The van der Waals surface area contributed by atoms with E-state index in [2.05, 4.69) is 31.2 Å². The monoisotopic (exact) mass is 222 g/mol. The van der Waals surface area contributed by atoms with Crippen LogP contribution in [0.1, 0.15) is 30.9 Å². The molecule has 1 fully saturated rings. The third kappa shape index (κ3) is 2.37. The lowest BCUT2D eigenvalue weighted by molar-refractivity contribution is 0.0280. The number of aryl methyl sites for hydroxylation is 1. The van der Waals surface area contributed by atoms with Crippen molar-refractivity contribution in [1.29, 1.82) is 0 Å². The molecule has 1 N–H and O–H groups in total. The van der Waals surface area contributed by atoms with Gasteiger partial charge in [-0.1, -0.05) is 31.2 Å². The molecule has 1 heterocycles. The van der Waals surface area contributed by atoms with Gasteiger partial charge < -0.3 is 5.11 Å². The van der Waals surface area contributed by atoms with E-state index in [0.29, 0.717) is 0 Å². The maximum atomic E-state index is 10.5.